The Labute approximate surface area is 114 Å². The van der Waals surface area contributed by atoms with Crippen molar-refractivity contribution in [1.29, 1.82) is 0 Å². The SMILES string of the molecule is CCCNC(CCSc1cccc(C)c1)C(N)=O. The summed E-state index contributed by atoms with van der Waals surface area (Å²) in [4.78, 5) is 12.5. The van der Waals surface area contributed by atoms with Crippen LogP contribution in [0.4, 0.5) is 0 Å². The van der Waals surface area contributed by atoms with E-state index in [-0.39, 0.29) is 11.9 Å². The van der Waals surface area contributed by atoms with Crippen LogP contribution in [0.25, 0.3) is 0 Å². The van der Waals surface area contributed by atoms with Gasteiger partial charge >= 0.3 is 0 Å². The molecule has 1 aromatic rings. The first-order valence-electron chi connectivity index (χ1n) is 6.35. The maximum absolute atomic E-state index is 11.3. The Morgan fingerprint density at radius 1 is 1.50 bits per heavy atom. The van der Waals surface area contributed by atoms with Gasteiger partial charge in [-0.2, -0.15) is 0 Å². The van der Waals surface area contributed by atoms with Gasteiger partial charge in [0, 0.05) is 4.90 Å². The van der Waals surface area contributed by atoms with Crippen molar-refractivity contribution >= 4 is 17.7 Å². The van der Waals surface area contributed by atoms with Crippen LogP contribution in [0.5, 0.6) is 0 Å². The largest absolute Gasteiger partial charge is 0.368 e. The summed E-state index contributed by atoms with van der Waals surface area (Å²) in [5.74, 6) is 0.640. The fourth-order valence-electron chi connectivity index (χ4n) is 1.66. The van der Waals surface area contributed by atoms with Gasteiger partial charge in [-0.05, 0) is 44.2 Å². The van der Waals surface area contributed by atoms with Crippen molar-refractivity contribution < 1.29 is 4.79 Å². The van der Waals surface area contributed by atoms with E-state index in [0.29, 0.717) is 0 Å². The normalized spacial score (nSPS) is 12.3. The molecular weight excluding hydrogens is 244 g/mol. The predicted molar refractivity (Wildman–Crippen MR) is 77.8 cm³/mol. The number of aryl methyl sites for hydroxylation is 1. The number of benzene rings is 1. The Kier molecular flexibility index (Phi) is 6.83. The van der Waals surface area contributed by atoms with Crippen molar-refractivity contribution in [2.75, 3.05) is 12.3 Å². The molecule has 3 N–H and O–H groups in total. The van der Waals surface area contributed by atoms with Crippen LogP contribution >= 0.6 is 11.8 Å². The van der Waals surface area contributed by atoms with Gasteiger partial charge in [-0.15, -0.1) is 11.8 Å². The Balaban J connectivity index is 2.36. The lowest BCUT2D eigenvalue weighted by Gasteiger charge is -2.14. The second-order valence-corrected chi connectivity index (χ2v) is 5.53. The van der Waals surface area contributed by atoms with E-state index < -0.39 is 0 Å². The monoisotopic (exact) mass is 266 g/mol. The van der Waals surface area contributed by atoms with E-state index in [2.05, 4.69) is 43.4 Å². The van der Waals surface area contributed by atoms with Crippen LogP contribution in [-0.2, 0) is 4.79 Å². The lowest BCUT2D eigenvalue weighted by molar-refractivity contribution is -0.120. The average Bonchev–Trinajstić information content (AvgIpc) is 2.33. The van der Waals surface area contributed by atoms with Gasteiger partial charge in [0.15, 0.2) is 0 Å². The van der Waals surface area contributed by atoms with Crippen LogP contribution in [0.15, 0.2) is 29.2 Å². The first kappa shape index (κ1) is 15.1. The zero-order valence-corrected chi connectivity index (χ0v) is 11.9. The highest BCUT2D eigenvalue weighted by atomic mass is 32.2. The number of nitrogens with one attached hydrogen (secondary N) is 1. The van der Waals surface area contributed by atoms with Crippen LogP contribution < -0.4 is 11.1 Å². The highest BCUT2D eigenvalue weighted by Gasteiger charge is 2.13. The van der Waals surface area contributed by atoms with Crippen LogP contribution in [0.2, 0.25) is 0 Å². The first-order chi connectivity index (χ1) is 8.63. The number of amides is 1. The summed E-state index contributed by atoms with van der Waals surface area (Å²) in [7, 11) is 0. The molecule has 3 nitrogen and oxygen atoms in total. The molecule has 0 aromatic heterocycles. The summed E-state index contributed by atoms with van der Waals surface area (Å²) in [6.07, 6.45) is 1.78. The number of carbonyl (C=O) groups excluding carboxylic acids is 1. The molecule has 0 heterocycles. The average molecular weight is 266 g/mol. The molecule has 0 aliphatic heterocycles. The quantitative estimate of drug-likeness (QED) is 0.710. The summed E-state index contributed by atoms with van der Waals surface area (Å²) in [5, 5.41) is 3.18. The number of nitrogens with two attached hydrogens (primary N) is 1. The summed E-state index contributed by atoms with van der Waals surface area (Å²) in [6, 6.07) is 8.18. The van der Waals surface area contributed by atoms with Crippen LogP contribution in [0, 0.1) is 6.92 Å². The first-order valence-corrected chi connectivity index (χ1v) is 7.34. The van der Waals surface area contributed by atoms with Gasteiger partial charge < -0.3 is 11.1 Å². The molecule has 18 heavy (non-hydrogen) atoms. The summed E-state index contributed by atoms with van der Waals surface area (Å²) in [5.41, 5.74) is 6.63. The number of primary amides is 1. The zero-order chi connectivity index (χ0) is 13.4. The van der Waals surface area contributed by atoms with Crippen LogP contribution in [-0.4, -0.2) is 24.2 Å². The molecule has 1 aromatic carbocycles. The van der Waals surface area contributed by atoms with Crippen molar-refractivity contribution in [1.82, 2.24) is 5.32 Å². The third-order valence-corrected chi connectivity index (χ3v) is 3.68. The number of hydrogen-bond donors (Lipinski definition) is 2. The summed E-state index contributed by atoms with van der Waals surface area (Å²) >= 11 is 1.77. The molecule has 0 radical (unpaired) electrons. The minimum atomic E-state index is -0.256. The number of thioether (sulfide) groups is 1. The topological polar surface area (TPSA) is 55.1 Å². The number of hydrogen-bond acceptors (Lipinski definition) is 3. The fourth-order valence-corrected chi connectivity index (χ4v) is 2.70. The Morgan fingerprint density at radius 3 is 2.89 bits per heavy atom. The standard InChI is InChI=1S/C14H22N2OS/c1-3-8-16-13(14(15)17)7-9-18-12-6-4-5-11(2)10-12/h4-6,10,13,16H,3,7-9H2,1-2H3,(H2,15,17). The van der Waals surface area contributed by atoms with Crippen LogP contribution in [0.3, 0.4) is 0 Å². The van der Waals surface area contributed by atoms with Gasteiger partial charge in [-0.25, -0.2) is 0 Å². The minimum Gasteiger partial charge on any atom is -0.368 e. The molecule has 1 amide bonds. The van der Waals surface area contributed by atoms with E-state index in [9.17, 15) is 4.79 Å². The molecule has 0 aliphatic carbocycles. The summed E-state index contributed by atoms with van der Waals surface area (Å²) in [6.45, 7) is 4.99. The highest BCUT2D eigenvalue weighted by molar-refractivity contribution is 7.99. The molecule has 0 saturated heterocycles. The second kappa shape index (κ2) is 8.16. The third kappa shape index (κ3) is 5.56. The molecular formula is C14H22N2OS. The Hall–Kier alpha value is -1.00. The van der Waals surface area contributed by atoms with Crippen molar-refractivity contribution in [2.45, 2.75) is 37.6 Å². The predicted octanol–water partition coefficient (Wildman–Crippen LogP) is 2.33. The third-order valence-electron chi connectivity index (χ3n) is 2.65. The summed E-state index contributed by atoms with van der Waals surface area (Å²) < 4.78 is 0. The van der Waals surface area contributed by atoms with E-state index in [1.54, 1.807) is 11.8 Å². The maximum atomic E-state index is 11.3. The lowest BCUT2D eigenvalue weighted by atomic mass is 10.2. The minimum absolute atomic E-state index is 0.206. The van der Waals surface area contributed by atoms with E-state index in [4.69, 9.17) is 5.73 Å². The van der Waals surface area contributed by atoms with Crippen molar-refractivity contribution in [3.05, 3.63) is 29.8 Å². The van der Waals surface area contributed by atoms with E-state index in [0.717, 1.165) is 25.1 Å². The van der Waals surface area contributed by atoms with Crippen molar-refractivity contribution in [2.24, 2.45) is 5.73 Å². The van der Waals surface area contributed by atoms with Gasteiger partial charge in [-0.3, -0.25) is 4.79 Å². The van der Waals surface area contributed by atoms with Gasteiger partial charge in [0.2, 0.25) is 5.91 Å². The molecule has 100 valence electrons. The van der Waals surface area contributed by atoms with Crippen LogP contribution in [0.1, 0.15) is 25.3 Å². The second-order valence-electron chi connectivity index (χ2n) is 4.36. The molecule has 0 fully saturated rings. The highest BCUT2D eigenvalue weighted by Crippen LogP contribution is 2.20. The van der Waals surface area contributed by atoms with Crippen molar-refractivity contribution in [3.63, 3.8) is 0 Å². The van der Waals surface area contributed by atoms with E-state index in [1.165, 1.54) is 10.5 Å². The Bertz CT molecular complexity index is 382. The van der Waals surface area contributed by atoms with Gasteiger partial charge in [0.05, 0.1) is 6.04 Å². The molecule has 1 unspecified atom stereocenters. The molecule has 0 bridgehead atoms. The van der Waals surface area contributed by atoms with Gasteiger partial charge in [0.25, 0.3) is 0 Å². The lowest BCUT2D eigenvalue weighted by Crippen LogP contribution is -2.41. The molecule has 0 saturated carbocycles. The molecule has 0 aliphatic rings. The molecule has 4 heteroatoms. The maximum Gasteiger partial charge on any atom is 0.234 e. The van der Waals surface area contributed by atoms with Gasteiger partial charge in [0.1, 0.15) is 0 Å². The Morgan fingerprint density at radius 2 is 2.28 bits per heavy atom. The van der Waals surface area contributed by atoms with E-state index >= 15 is 0 Å². The number of rotatable bonds is 8. The zero-order valence-electron chi connectivity index (χ0n) is 11.1. The molecule has 1 rings (SSSR count). The molecule has 1 atom stereocenters. The van der Waals surface area contributed by atoms with E-state index in [1.807, 2.05) is 0 Å². The molecule has 0 spiro atoms. The fraction of sp³-hybridized carbons (Fsp3) is 0.500. The van der Waals surface area contributed by atoms with Gasteiger partial charge in [-0.1, -0.05) is 24.6 Å². The number of carbonyl (C=O) groups is 1. The smallest absolute Gasteiger partial charge is 0.234 e. The van der Waals surface area contributed by atoms with Crippen molar-refractivity contribution in [3.8, 4) is 0 Å².